The van der Waals surface area contributed by atoms with E-state index in [-0.39, 0.29) is 18.1 Å². The Bertz CT molecular complexity index is 1190. The zero-order valence-electron chi connectivity index (χ0n) is 18.0. The third-order valence-electron chi connectivity index (χ3n) is 5.09. The van der Waals surface area contributed by atoms with Crippen LogP contribution < -0.4 is 10.1 Å². The van der Waals surface area contributed by atoms with E-state index >= 15 is 0 Å². The number of nitrogens with one attached hydrogen (secondary N) is 1. The highest BCUT2D eigenvalue weighted by molar-refractivity contribution is 7.98. The van der Waals surface area contributed by atoms with E-state index in [1.54, 1.807) is 18.2 Å². The van der Waals surface area contributed by atoms with E-state index in [1.165, 1.54) is 11.8 Å². The van der Waals surface area contributed by atoms with E-state index in [2.05, 4.69) is 15.5 Å². The molecule has 32 heavy (non-hydrogen) atoms. The normalized spacial score (nSPS) is 14.6. The molecule has 0 radical (unpaired) electrons. The van der Waals surface area contributed by atoms with E-state index in [4.69, 9.17) is 16.3 Å². The maximum atomic E-state index is 12.9. The lowest BCUT2D eigenvalue weighted by Gasteiger charge is -2.31. The zero-order chi connectivity index (χ0) is 22.9. The summed E-state index contributed by atoms with van der Waals surface area (Å²) in [4.78, 5) is 25.4. The minimum atomic E-state index is -0.552. The number of hydrogen-bond donors (Lipinski definition) is 1. The first-order chi connectivity index (χ1) is 15.3. The molecule has 4 rings (SSSR count). The predicted molar refractivity (Wildman–Crippen MR) is 125 cm³/mol. The summed E-state index contributed by atoms with van der Waals surface area (Å²) >= 11 is 7.73. The number of anilines is 1. The predicted octanol–water partition coefficient (Wildman–Crippen LogP) is 5.24. The number of ether oxygens (including phenoxy) is 1. The number of aromatic nitrogens is 3. The number of rotatable bonds is 6. The van der Waals surface area contributed by atoms with Gasteiger partial charge in [0.15, 0.2) is 10.9 Å². The smallest absolute Gasteiger partial charge is 0.258 e. The Morgan fingerprint density at radius 1 is 1.25 bits per heavy atom. The summed E-state index contributed by atoms with van der Waals surface area (Å²) in [5, 5.41) is 12.5. The Kier molecular flexibility index (Phi) is 6.26. The van der Waals surface area contributed by atoms with Gasteiger partial charge < -0.3 is 4.74 Å². The van der Waals surface area contributed by atoms with Crippen molar-refractivity contribution in [3.05, 3.63) is 64.2 Å². The lowest BCUT2D eigenvalue weighted by atomic mass is 9.92. The Labute approximate surface area is 195 Å². The molecular weight excluding hydrogens is 448 g/mol. The fraction of sp³-hybridized carbons (Fsp3) is 0.304. The first-order valence-corrected chi connectivity index (χ1v) is 11.6. The molecule has 0 aliphatic carbocycles. The summed E-state index contributed by atoms with van der Waals surface area (Å²) in [5.41, 5.74) is 1.23. The second kappa shape index (κ2) is 8.96. The van der Waals surface area contributed by atoms with E-state index in [0.29, 0.717) is 45.3 Å². The van der Waals surface area contributed by atoms with Gasteiger partial charge in [0.25, 0.3) is 5.91 Å². The minimum absolute atomic E-state index is 0.0408. The molecule has 1 N–H and O–H groups in total. The number of benzene rings is 2. The SMILES string of the molecule is CCn1c(NC(=O)c2ccc3c(c2)C(=O)CC(C)(C)O3)nnc1SCc1ccccc1Cl. The number of halogens is 1. The first-order valence-electron chi connectivity index (χ1n) is 10.2. The number of nitrogens with zero attached hydrogens (tertiary/aromatic N) is 3. The highest BCUT2D eigenvalue weighted by Gasteiger charge is 2.33. The van der Waals surface area contributed by atoms with Crippen LogP contribution in [0, 0.1) is 0 Å². The molecule has 0 bridgehead atoms. The molecule has 9 heteroatoms. The van der Waals surface area contributed by atoms with E-state index in [1.807, 2.05) is 49.6 Å². The van der Waals surface area contributed by atoms with Crippen LogP contribution in [-0.2, 0) is 12.3 Å². The quantitative estimate of drug-likeness (QED) is 0.496. The topological polar surface area (TPSA) is 86.1 Å². The van der Waals surface area contributed by atoms with Crippen molar-refractivity contribution in [2.45, 2.75) is 50.2 Å². The van der Waals surface area contributed by atoms with Gasteiger partial charge >= 0.3 is 0 Å². The second-order valence-corrected chi connectivity index (χ2v) is 9.41. The van der Waals surface area contributed by atoms with E-state index in [9.17, 15) is 9.59 Å². The molecule has 1 aliphatic heterocycles. The molecule has 0 spiro atoms. The zero-order valence-corrected chi connectivity index (χ0v) is 19.6. The minimum Gasteiger partial charge on any atom is -0.487 e. The van der Waals surface area contributed by atoms with Gasteiger partial charge in [-0.15, -0.1) is 10.2 Å². The van der Waals surface area contributed by atoms with Gasteiger partial charge in [0, 0.05) is 22.9 Å². The van der Waals surface area contributed by atoms with Gasteiger partial charge in [0.2, 0.25) is 5.95 Å². The summed E-state index contributed by atoms with van der Waals surface area (Å²) < 4.78 is 7.69. The van der Waals surface area contributed by atoms with Crippen LogP contribution in [0.3, 0.4) is 0 Å². The number of fused-ring (bicyclic) bond motifs is 1. The van der Waals surface area contributed by atoms with Crippen molar-refractivity contribution < 1.29 is 14.3 Å². The summed E-state index contributed by atoms with van der Waals surface area (Å²) in [6, 6.07) is 12.5. The van der Waals surface area contributed by atoms with Crippen molar-refractivity contribution in [1.82, 2.24) is 14.8 Å². The van der Waals surface area contributed by atoms with Crippen LogP contribution in [0.2, 0.25) is 5.02 Å². The van der Waals surface area contributed by atoms with Crippen molar-refractivity contribution in [3.63, 3.8) is 0 Å². The van der Waals surface area contributed by atoms with Gasteiger partial charge in [0.05, 0.1) is 12.0 Å². The largest absolute Gasteiger partial charge is 0.487 e. The molecule has 1 aliphatic rings. The van der Waals surface area contributed by atoms with Gasteiger partial charge in [-0.25, -0.2) is 0 Å². The second-order valence-electron chi connectivity index (χ2n) is 8.06. The van der Waals surface area contributed by atoms with Gasteiger partial charge in [0.1, 0.15) is 11.4 Å². The van der Waals surface area contributed by atoms with Crippen LogP contribution >= 0.6 is 23.4 Å². The van der Waals surface area contributed by atoms with Crippen LogP contribution in [0.4, 0.5) is 5.95 Å². The van der Waals surface area contributed by atoms with Crippen molar-refractivity contribution >= 4 is 41.0 Å². The van der Waals surface area contributed by atoms with Crippen LogP contribution in [0.25, 0.3) is 0 Å². The third kappa shape index (κ3) is 4.66. The molecule has 2 heterocycles. The van der Waals surface area contributed by atoms with Crippen molar-refractivity contribution in [1.29, 1.82) is 0 Å². The molecule has 2 aromatic carbocycles. The summed E-state index contributed by atoms with van der Waals surface area (Å²) in [5.74, 6) is 1.07. The third-order valence-corrected chi connectivity index (χ3v) is 6.47. The van der Waals surface area contributed by atoms with Gasteiger partial charge in [-0.1, -0.05) is 41.6 Å². The van der Waals surface area contributed by atoms with Crippen LogP contribution in [-0.4, -0.2) is 32.1 Å². The van der Waals surface area contributed by atoms with Crippen LogP contribution in [0.5, 0.6) is 5.75 Å². The number of ketones is 1. The molecule has 7 nitrogen and oxygen atoms in total. The lowest BCUT2D eigenvalue weighted by Crippen LogP contribution is -2.36. The van der Waals surface area contributed by atoms with Gasteiger partial charge in [-0.05, 0) is 50.6 Å². The number of carbonyl (C=O) groups excluding carboxylic acids is 2. The fourth-order valence-corrected chi connectivity index (χ4v) is 4.79. The molecule has 0 saturated carbocycles. The summed E-state index contributed by atoms with van der Waals surface area (Å²) in [6.07, 6.45) is 0.265. The van der Waals surface area contributed by atoms with E-state index < -0.39 is 5.60 Å². The van der Waals surface area contributed by atoms with Crippen molar-refractivity contribution in [2.24, 2.45) is 0 Å². The molecule has 0 fully saturated rings. The molecule has 0 unspecified atom stereocenters. The first kappa shape index (κ1) is 22.4. The number of carbonyl (C=O) groups is 2. The maximum Gasteiger partial charge on any atom is 0.258 e. The van der Waals surface area contributed by atoms with Crippen molar-refractivity contribution in [3.8, 4) is 5.75 Å². The average molecular weight is 471 g/mol. The fourth-order valence-electron chi connectivity index (χ4n) is 3.50. The van der Waals surface area contributed by atoms with Crippen LogP contribution in [0.15, 0.2) is 47.6 Å². The lowest BCUT2D eigenvalue weighted by molar-refractivity contribution is 0.0620. The Balaban J connectivity index is 1.50. The monoisotopic (exact) mass is 470 g/mol. The number of thioether (sulfide) groups is 1. The standard InChI is InChI=1S/C23H23ClN4O3S/c1-4-28-21(26-27-22(28)32-13-15-7-5-6-8-17(15)24)25-20(30)14-9-10-19-16(11-14)18(29)12-23(2,3)31-19/h5-11H,4,12-13H2,1-3H3,(H,25,26,30). The Morgan fingerprint density at radius 2 is 2.03 bits per heavy atom. The average Bonchev–Trinajstić information content (AvgIpc) is 3.13. The maximum absolute atomic E-state index is 12.9. The molecule has 3 aromatic rings. The van der Waals surface area contributed by atoms with Crippen molar-refractivity contribution in [2.75, 3.05) is 5.32 Å². The molecule has 166 valence electrons. The highest BCUT2D eigenvalue weighted by atomic mass is 35.5. The number of amides is 1. The molecule has 0 saturated heterocycles. The number of Topliss-reactive ketones (excluding diaryl/α,β-unsaturated/α-hetero) is 1. The van der Waals surface area contributed by atoms with Gasteiger partial charge in [-0.3, -0.25) is 19.5 Å². The van der Waals surface area contributed by atoms with Gasteiger partial charge in [-0.2, -0.15) is 0 Å². The molecular formula is C23H23ClN4O3S. The molecule has 0 atom stereocenters. The summed E-state index contributed by atoms with van der Waals surface area (Å²) in [6.45, 7) is 6.27. The summed E-state index contributed by atoms with van der Waals surface area (Å²) in [7, 11) is 0. The molecule has 1 aromatic heterocycles. The Morgan fingerprint density at radius 3 is 2.78 bits per heavy atom. The number of hydrogen-bond acceptors (Lipinski definition) is 6. The molecule has 1 amide bonds. The van der Waals surface area contributed by atoms with Crippen LogP contribution in [0.1, 0.15) is 53.5 Å². The Hall–Kier alpha value is -2.84. The van der Waals surface area contributed by atoms with E-state index in [0.717, 1.165) is 5.56 Å². The highest BCUT2D eigenvalue weighted by Crippen LogP contribution is 2.34.